The molecule has 2 saturated heterocycles. The normalized spacial score (nSPS) is 24.8. The van der Waals surface area contributed by atoms with Gasteiger partial charge in [0.25, 0.3) is 0 Å². The van der Waals surface area contributed by atoms with E-state index < -0.39 is 23.6 Å². The summed E-state index contributed by atoms with van der Waals surface area (Å²) in [7, 11) is 0. The maximum atomic E-state index is 13.1. The first kappa shape index (κ1) is 35.0. The first-order chi connectivity index (χ1) is 20.4. The van der Waals surface area contributed by atoms with Gasteiger partial charge in [0.2, 0.25) is 0 Å². The molecule has 240 valence electrons. The van der Waals surface area contributed by atoms with E-state index in [1.165, 1.54) is 102 Å². The van der Waals surface area contributed by atoms with Crippen molar-refractivity contribution in [3.8, 4) is 0 Å². The Bertz CT molecular complexity index is 814. The Balaban J connectivity index is 1.45. The fourth-order valence-corrected chi connectivity index (χ4v) is 6.82. The number of rotatable bonds is 21. The highest BCUT2D eigenvalue weighted by Gasteiger charge is 2.52. The van der Waals surface area contributed by atoms with E-state index in [9.17, 15) is 14.7 Å². The first-order valence-corrected chi connectivity index (χ1v) is 17.6. The molecule has 2 aliphatic heterocycles. The van der Waals surface area contributed by atoms with Gasteiger partial charge in [-0.25, -0.2) is 0 Å². The van der Waals surface area contributed by atoms with Crippen molar-refractivity contribution in [3.05, 3.63) is 24.3 Å². The molecule has 0 aromatic rings. The molecule has 0 aromatic heterocycles. The summed E-state index contributed by atoms with van der Waals surface area (Å²) in [6.45, 7) is 4.51. The van der Waals surface area contributed by atoms with E-state index in [0.29, 0.717) is 25.7 Å². The van der Waals surface area contributed by atoms with Crippen molar-refractivity contribution >= 4 is 11.8 Å². The summed E-state index contributed by atoms with van der Waals surface area (Å²) in [5, 5.41) is 10.7. The van der Waals surface area contributed by atoms with Crippen LogP contribution in [-0.2, 0) is 23.8 Å². The molecule has 2 fully saturated rings. The third-order valence-electron chi connectivity index (χ3n) is 9.25. The van der Waals surface area contributed by atoms with Gasteiger partial charge in [0.15, 0.2) is 11.6 Å². The largest absolute Gasteiger partial charge is 0.462 e. The van der Waals surface area contributed by atoms with Gasteiger partial charge in [0.05, 0.1) is 18.6 Å². The van der Waals surface area contributed by atoms with Crippen LogP contribution in [0.4, 0.5) is 0 Å². The highest BCUT2D eigenvalue weighted by Crippen LogP contribution is 2.47. The van der Waals surface area contributed by atoms with Crippen molar-refractivity contribution in [2.75, 3.05) is 0 Å². The van der Waals surface area contributed by atoms with Crippen LogP contribution in [0.3, 0.4) is 0 Å². The fourth-order valence-electron chi connectivity index (χ4n) is 6.82. The predicted molar refractivity (Wildman–Crippen MR) is 168 cm³/mol. The van der Waals surface area contributed by atoms with Crippen molar-refractivity contribution in [1.82, 2.24) is 0 Å². The van der Waals surface area contributed by atoms with Crippen LogP contribution in [-0.4, -0.2) is 46.6 Å². The molecule has 0 saturated carbocycles. The molecule has 0 unspecified atom stereocenters. The molecule has 3 aliphatic rings. The predicted octanol–water partition coefficient (Wildman–Crippen LogP) is 8.83. The molecule has 2 heterocycles. The second-order valence-corrected chi connectivity index (χ2v) is 13.2. The molecular weight excluding hydrogens is 528 g/mol. The molecule has 1 N–H and O–H groups in total. The molecule has 1 aliphatic carbocycles. The van der Waals surface area contributed by atoms with E-state index in [-0.39, 0.29) is 24.3 Å². The maximum Gasteiger partial charge on any atom is 0.308 e. The van der Waals surface area contributed by atoms with E-state index >= 15 is 0 Å². The maximum absolute atomic E-state index is 13.1. The van der Waals surface area contributed by atoms with Crippen LogP contribution in [0.15, 0.2) is 24.3 Å². The number of ketones is 1. The summed E-state index contributed by atoms with van der Waals surface area (Å²) in [5.74, 6) is -1.22. The Kier molecular flexibility index (Phi) is 15.8. The summed E-state index contributed by atoms with van der Waals surface area (Å²) >= 11 is 0. The van der Waals surface area contributed by atoms with Crippen LogP contribution >= 0.6 is 0 Å². The van der Waals surface area contributed by atoms with E-state index in [4.69, 9.17) is 14.2 Å². The van der Waals surface area contributed by atoms with Crippen LogP contribution in [0.25, 0.3) is 0 Å². The zero-order valence-corrected chi connectivity index (χ0v) is 26.8. The number of hydrogen-bond acceptors (Lipinski definition) is 6. The fraction of sp³-hybridized carbons (Fsp3) is 0.833. The molecule has 0 aromatic carbocycles. The lowest BCUT2D eigenvalue weighted by molar-refractivity contribution is -0.291. The van der Waals surface area contributed by atoms with Gasteiger partial charge in [-0.3, -0.25) is 9.59 Å². The topological polar surface area (TPSA) is 82.1 Å². The molecule has 0 radical (unpaired) electrons. The van der Waals surface area contributed by atoms with Crippen LogP contribution < -0.4 is 0 Å². The second-order valence-electron chi connectivity index (χ2n) is 13.2. The zero-order chi connectivity index (χ0) is 30.1. The van der Waals surface area contributed by atoms with Gasteiger partial charge < -0.3 is 19.3 Å². The van der Waals surface area contributed by atoms with Gasteiger partial charge in [-0.05, 0) is 56.4 Å². The van der Waals surface area contributed by atoms with Gasteiger partial charge in [-0.1, -0.05) is 104 Å². The van der Waals surface area contributed by atoms with E-state index in [2.05, 4.69) is 13.8 Å². The third kappa shape index (κ3) is 12.6. The molecule has 2 spiro atoms. The second kappa shape index (κ2) is 19.0. The number of carbonyl (C=O) groups excluding carboxylic acids is 2. The van der Waals surface area contributed by atoms with Crippen LogP contribution in [0.2, 0.25) is 0 Å². The monoisotopic (exact) mass is 588 g/mol. The minimum Gasteiger partial charge on any atom is -0.462 e. The van der Waals surface area contributed by atoms with Crippen LogP contribution in [0, 0.1) is 0 Å². The van der Waals surface area contributed by atoms with Crippen molar-refractivity contribution in [1.29, 1.82) is 0 Å². The minimum absolute atomic E-state index is 0.0405. The van der Waals surface area contributed by atoms with Gasteiger partial charge in [-0.2, -0.15) is 0 Å². The lowest BCUT2D eigenvalue weighted by Crippen LogP contribution is -2.48. The molecular formula is C36H60O6. The Morgan fingerprint density at radius 1 is 0.857 bits per heavy atom. The number of aliphatic hydroxyl groups excluding tert-OH is 1. The Morgan fingerprint density at radius 3 is 1.93 bits per heavy atom. The zero-order valence-electron chi connectivity index (χ0n) is 26.8. The van der Waals surface area contributed by atoms with Gasteiger partial charge in [-0.15, -0.1) is 0 Å². The number of ether oxygens (including phenoxy) is 3. The van der Waals surface area contributed by atoms with Gasteiger partial charge in [0.1, 0.15) is 11.7 Å². The number of allylic oxidation sites excluding steroid dienone is 2. The van der Waals surface area contributed by atoms with Crippen molar-refractivity contribution in [2.45, 2.75) is 191 Å². The van der Waals surface area contributed by atoms with Gasteiger partial charge in [0, 0.05) is 19.3 Å². The highest BCUT2D eigenvalue weighted by atomic mass is 16.7. The Morgan fingerprint density at radius 2 is 1.38 bits per heavy atom. The molecule has 0 bridgehead atoms. The van der Waals surface area contributed by atoms with E-state index in [1.54, 1.807) is 12.2 Å². The third-order valence-corrected chi connectivity index (χ3v) is 9.25. The van der Waals surface area contributed by atoms with Crippen molar-refractivity contribution in [3.63, 3.8) is 0 Å². The Labute approximate surface area is 256 Å². The van der Waals surface area contributed by atoms with E-state index in [1.807, 2.05) is 0 Å². The highest BCUT2D eigenvalue weighted by molar-refractivity contribution is 6.00. The lowest BCUT2D eigenvalue weighted by Gasteiger charge is -2.41. The van der Waals surface area contributed by atoms with Crippen molar-refractivity contribution in [2.24, 2.45) is 0 Å². The Hall–Kier alpha value is -1.50. The van der Waals surface area contributed by atoms with Crippen LogP contribution in [0.5, 0.6) is 0 Å². The number of aliphatic hydroxyl groups is 1. The molecule has 6 nitrogen and oxygen atoms in total. The lowest BCUT2D eigenvalue weighted by atomic mass is 9.91. The van der Waals surface area contributed by atoms with Crippen molar-refractivity contribution < 1.29 is 28.9 Å². The number of esters is 1. The smallest absolute Gasteiger partial charge is 0.308 e. The molecule has 3 atom stereocenters. The van der Waals surface area contributed by atoms with E-state index in [0.717, 1.165) is 25.7 Å². The molecule has 42 heavy (non-hydrogen) atoms. The number of carbonyl (C=O) groups is 2. The molecule has 6 heteroatoms. The SMILES string of the molecule is CCCCCCCCCCC(CCCCCCCCCC)OC(=O)C[C@@H]1C[C@@H](O)C[C@]2(CCC3(C=CC(=O)C=C3)O2)O1. The van der Waals surface area contributed by atoms with Crippen LogP contribution in [0.1, 0.15) is 162 Å². The summed E-state index contributed by atoms with van der Waals surface area (Å²) in [6.07, 6.45) is 29.9. The van der Waals surface area contributed by atoms with Gasteiger partial charge >= 0.3 is 5.97 Å². The average Bonchev–Trinajstić information content (AvgIpc) is 3.28. The molecule has 0 amide bonds. The number of unbranched alkanes of at least 4 members (excludes halogenated alkanes) is 14. The summed E-state index contributed by atoms with van der Waals surface area (Å²) in [4.78, 5) is 24.8. The molecule has 3 rings (SSSR count). The quantitative estimate of drug-likeness (QED) is 0.107. The standard InChI is InChI=1S/C36H60O6/c1-3-5-7-9-11-13-15-17-19-32(20-18-16-14-12-10-8-6-4-2)40-34(39)28-33-27-31(38)29-36(41-33)26-25-35(42-36)23-21-30(37)22-24-35/h21-24,31-33,38H,3-20,25-29H2,1-2H3/t31-,33+,36-/m1/s1. The summed E-state index contributed by atoms with van der Waals surface area (Å²) in [6, 6.07) is 0. The summed E-state index contributed by atoms with van der Waals surface area (Å²) in [5.41, 5.74) is -0.673. The minimum atomic E-state index is -0.939. The average molecular weight is 589 g/mol. The number of hydrogen-bond donors (Lipinski definition) is 1. The summed E-state index contributed by atoms with van der Waals surface area (Å²) < 4.78 is 18.8. The first-order valence-electron chi connectivity index (χ1n) is 17.6.